The molecule has 1 saturated heterocycles. The van der Waals surface area contributed by atoms with Gasteiger partial charge in [-0.3, -0.25) is 0 Å². The molecule has 3 atom stereocenters. The third kappa shape index (κ3) is 3.71. The number of benzene rings is 1. The summed E-state index contributed by atoms with van der Waals surface area (Å²) in [5.74, 6) is 0.665. The molecular formula is C16H26N2O. The van der Waals surface area contributed by atoms with Crippen LogP contribution < -0.4 is 5.32 Å². The van der Waals surface area contributed by atoms with E-state index in [1.807, 2.05) is 0 Å². The van der Waals surface area contributed by atoms with Gasteiger partial charge in [-0.05, 0) is 50.4 Å². The van der Waals surface area contributed by atoms with Gasteiger partial charge in [-0.2, -0.15) is 0 Å². The smallest absolute Gasteiger partial charge is 0.0471 e. The number of hydrogen-bond acceptors (Lipinski definition) is 3. The summed E-state index contributed by atoms with van der Waals surface area (Å²) < 4.78 is 0. The molecular weight excluding hydrogens is 236 g/mol. The number of rotatable bonds is 4. The number of aliphatic hydroxyl groups is 1. The van der Waals surface area contributed by atoms with E-state index in [1.165, 1.54) is 17.7 Å². The van der Waals surface area contributed by atoms with Gasteiger partial charge in [0.05, 0.1) is 0 Å². The molecule has 1 heterocycles. The molecule has 0 spiro atoms. The maximum Gasteiger partial charge on any atom is 0.0471 e. The van der Waals surface area contributed by atoms with E-state index >= 15 is 0 Å². The van der Waals surface area contributed by atoms with E-state index in [0.29, 0.717) is 18.0 Å². The lowest BCUT2D eigenvalue weighted by atomic mass is 9.89. The minimum atomic E-state index is 0.219. The Morgan fingerprint density at radius 3 is 2.58 bits per heavy atom. The highest BCUT2D eigenvalue weighted by molar-refractivity contribution is 5.45. The molecule has 1 aromatic rings. The van der Waals surface area contributed by atoms with Crippen molar-refractivity contribution in [1.29, 1.82) is 0 Å². The Morgan fingerprint density at radius 1 is 1.26 bits per heavy atom. The van der Waals surface area contributed by atoms with E-state index in [4.69, 9.17) is 5.11 Å². The van der Waals surface area contributed by atoms with Crippen molar-refractivity contribution < 1.29 is 5.11 Å². The van der Waals surface area contributed by atoms with Crippen molar-refractivity contribution in [3.8, 4) is 0 Å². The van der Waals surface area contributed by atoms with Gasteiger partial charge in [0.1, 0.15) is 0 Å². The van der Waals surface area contributed by atoms with Crippen molar-refractivity contribution in [1.82, 2.24) is 4.90 Å². The number of likely N-dealkylation sites (tertiary alicyclic amines) is 1. The average Bonchev–Trinajstić information content (AvgIpc) is 2.38. The monoisotopic (exact) mass is 262 g/mol. The lowest BCUT2D eigenvalue weighted by molar-refractivity contribution is 0.145. The van der Waals surface area contributed by atoms with E-state index < -0.39 is 0 Å². The van der Waals surface area contributed by atoms with Crippen LogP contribution in [0.4, 0.5) is 5.69 Å². The normalized spacial score (nSPS) is 28.3. The largest absolute Gasteiger partial charge is 0.396 e. The van der Waals surface area contributed by atoms with Crippen LogP contribution in [-0.2, 0) is 6.42 Å². The summed E-state index contributed by atoms with van der Waals surface area (Å²) in [4.78, 5) is 2.44. The highest BCUT2D eigenvalue weighted by atomic mass is 16.2. The lowest BCUT2D eigenvalue weighted by Crippen LogP contribution is -2.48. The fraction of sp³-hybridized carbons (Fsp3) is 0.625. The summed E-state index contributed by atoms with van der Waals surface area (Å²) >= 11 is 0. The van der Waals surface area contributed by atoms with Crippen molar-refractivity contribution >= 4 is 5.69 Å². The number of piperidine rings is 1. The first-order chi connectivity index (χ1) is 9.10. The van der Waals surface area contributed by atoms with Gasteiger partial charge >= 0.3 is 0 Å². The van der Waals surface area contributed by atoms with Gasteiger partial charge in [0.2, 0.25) is 0 Å². The van der Waals surface area contributed by atoms with Crippen LogP contribution in [0.25, 0.3) is 0 Å². The number of nitrogens with zero attached hydrogens (tertiary/aromatic N) is 1. The Bertz CT molecular complexity index is 390. The van der Waals surface area contributed by atoms with Gasteiger partial charge in [0.25, 0.3) is 0 Å². The minimum Gasteiger partial charge on any atom is -0.396 e. The molecule has 2 N–H and O–H groups in total. The first-order valence-electron chi connectivity index (χ1n) is 7.26. The molecule has 2 rings (SSSR count). The SMILES string of the molecule is CC1CN(C)C(C)CC1Nc1ccc(CCO)cc1. The predicted octanol–water partition coefficient (Wildman–Crippen LogP) is 2.36. The van der Waals surface area contributed by atoms with Crippen LogP contribution in [0.1, 0.15) is 25.8 Å². The van der Waals surface area contributed by atoms with Gasteiger partial charge in [0.15, 0.2) is 0 Å². The van der Waals surface area contributed by atoms with Crippen LogP contribution in [-0.4, -0.2) is 42.3 Å². The van der Waals surface area contributed by atoms with Crippen LogP contribution >= 0.6 is 0 Å². The second kappa shape index (κ2) is 6.40. The molecule has 1 aliphatic heterocycles. The van der Waals surface area contributed by atoms with Crippen molar-refractivity contribution in [2.45, 2.75) is 38.8 Å². The van der Waals surface area contributed by atoms with Crippen molar-refractivity contribution in [2.75, 3.05) is 25.5 Å². The Balaban J connectivity index is 1.96. The number of hydrogen-bond donors (Lipinski definition) is 2. The summed E-state index contributed by atoms with van der Waals surface area (Å²) in [6, 6.07) is 9.64. The highest BCUT2D eigenvalue weighted by Gasteiger charge is 2.28. The molecule has 19 heavy (non-hydrogen) atoms. The molecule has 1 fully saturated rings. The fourth-order valence-electron chi connectivity index (χ4n) is 2.85. The quantitative estimate of drug-likeness (QED) is 0.874. The zero-order valence-corrected chi connectivity index (χ0v) is 12.3. The Morgan fingerprint density at radius 2 is 1.95 bits per heavy atom. The van der Waals surface area contributed by atoms with Crippen LogP contribution in [0.2, 0.25) is 0 Å². The summed E-state index contributed by atoms with van der Waals surface area (Å²) in [6.45, 7) is 5.99. The molecule has 0 saturated carbocycles. The lowest BCUT2D eigenvalue weighted by Gasteiger charge is -2.40. The van der Waals surface area contributed by atoms with Crippen LogP contribution in [0.15, 0.2) is 24.3 Å². The second-order valence-corrected chi connectivity index (χ2v) is 5.92. The zero-order valence-electron chi connectivity index (χ0n) is 12.3. The molecule has 0 aromatic heterocycles. The molecule has 0 bridgehead atoms. The number of nitrogens with one attached hydrogen (secondary N) is 1. The maximum absolute atomic E-state index is 8.92. The summed E-state index contributed by atoms with van der Waals surface area (Å²) in [6.07, 6.45) is 1.93. The van der Waals surface area contributed by atoms with E-state index in [1.54, 1.807) is 0 Å². The van der Waals surface area contributed by atoms with Crippen molar-refractivity contribution in [3.63, 3.8) is 0 Å². The van der Waals surface area contributed by atoms with Gasteiger partial charge in [-0.15, -0.1) is 0 Å². The average molecular weight is 262 g/mol. The molecule has 1 aliphatic rings. The number of aliphatic hydroxyl groups excluding tert-OH is 1. The highest BCUT2D eigenvalue weighted by Crippen LogP contribution is 2.24. The van der Waals surface area contributed by atoms with Gasteiger partial charge < -0.3 is 15.3 Å². The first-order valence-corrected chi connectivity index (χ1v) is 7.26. The third-order valence-corrected chi connectivity index (χ3v) is 4.32. The zero-order chi connectivity index (χ0) is 13.8. The van der Waals surface area contributed by atoms with Gasteiger partial charge in [-0.1, -0.05) is 19.1 Å². The Kier molecular flexibility index (Phi) is 4.83. The minimum absolute atomic E-state index is 0.219. The number of anilines is 1. The maximum atomic E-state index is 8.92. The molecule has 0 aliphatic carbocycles. The van der Waals surface area contributed by atoms with Crippen LogP contribution in [0, 0.1) is 5.92 Å². The predicted molar refractivity (Wildman–Crippen MR) is 80.5 cm³/mol. The van der Waals surface area contributed by atoms with Crippen LogP contribution in [0.3, 0.4) is 0 Å². The topological polar surface area (TPSA) is 35.5 Å². The molecule has 3 nitrogen and oxygen atoms in total. The summed E-state index contributed by atoms with van der Waals surface area (Å²) in [5, 5.41) is 12.6. The summed E-state index contributed by atoms with van der Waals surface area (Å²) in [7, 11) is 2.21. The van der Waals surface area contributed by atoms with Crippen LogP contribution in [0.5, 0.6) is 0 Å². The van der Waals surface area contributed by atoms with Gasteiger partial charge in [-0.25, -0.2) is 0 Å². The van der Waals surface area contributed by atoms with E-state index in [-0.39, 0.29) is 6.61 Å². The molecule has 3 unspecified atom stereocenters. The van der Waals surface area contributed by atoms with E-state index in [9.17, 15) is 0 Å². The molecule has 106 valence electrons. The van der Waals surface area contributed by atoms with E-state index in [0.717, 1.165) is 13.0 Å². The van der Waals surface area contributed by atoms with Gasteiger partial charge in [0, 0.05) is 30.9 Å². The fourth-order valence-corrected chi connectivity index (χ4v) is 2.85. The Labute approximate surface area is 116 Å². The molecule has 1 aromatic carbocycles. The second-order valence-electron chi connectivity index (χ2n) is 5.92. The molecule has 3 heteroatoms. The molecule has 0 amide bonds. The first kappa shape index (κ1) is 14.4. The van der Waals surface area contributed by atoms with Crippen molar-refractivity contribution in [2.24, 2.45) is 5.92 Å². The summed E-state index contributed by atoms with van der Waals surface area (Å²) in [5.41, 5.74) is 2.38. The third-order valence-electron chi connectivity index (χ3n) is 4.32. The standard InChI is InChI=1S/C16H26N2O/c1-12-11-18(3)13(2)10-16(12)17-15-6-4-14(5-7-15)8-9-19/h4-7,12-13,16-17,19H,8-11H2,1-3H3. The Hall–Kier alpha value is -1.06. The van der Waals surface area contributed by atoms with Crippen molar-refractivity contribution in [3.05, 3.63) is 29.8 Å². The molecule has 0 radical (unpaired) electrons. The van der Waals surface area contributed by atoms with E-state index in [2.05, 4.69) is 55.4 Å².